The number of benzene rings is 1. The van der Waals surface area contributed by atoms with Crippen LogP contribution in [0.1, 0.15) is 5.56 Å². The molecule has 0 amide bonds. The molecule has 18 heavy (non-hydrogen) atoms. The number of rotatable bonds is 2. The molecule has 0 unspecified atom stereocenters. The lowest BCUT2D eigenvalue weighted by molar-refractivity contribution is -0.137. The van der Waals surface area contributed by atoms with Crippen molar-refractivity contribution in [3.63, 3.8) is 0 Å². The highest BCUT2D eigenvalue weighted by atomic mass is 19.4. The molecule has 0 saturated carbocycles. The topological polar surface area (TPSA) is 24.9 Å². The molecule has 94 valence electrons. The SMILES string of the molecule is CNc1cc(C(F)(F)F)cc(-c2ccccc2)n1. The Morgan fingerprint density at radius 3 is 2.28 bits per heavy atom. The van der Waals surface area contributed by atoms with Gasteiger partial charge in [0.2, 0.25) is 0 Å². The highest BCUT2D eigenvalue weighted by molar-refractivity contribution is 5.62. The summed E-state index contributed by atoms with van der Waals surface area (Å²) in [5.41, 5.74) is 0.246. The number of nitrogens with zero attached hydrogens (tertiary/aromatic N) is 1. The van der Waals surface area contributed by atoms with Gasteiger partial charge in [0, 0.05) is 12.6 Å². The van der Waals surface area contributed by atoms with E-state index in [0.29, 0.717) is 11.3 Å². The molecule has 0 aliphatic heterocycles. The fraction of sp³-hybridized carbons (Fsp3) is 0.154. The third-order valence-electron chi connectivity index (χ3n) is 2.48. The Morgan fingerprint density at radius 2 is 1.72 bits per heavy atom. The second-order valence-corrected chi connectivity index (χ2v) is 3.74. The Hall–Kier alpha value is -2.04. The highest BCUT2D eigenvalue weighted by Crippen LogP contribution is 2.33. The van der Waals surface area contributed by atoms with Gasteiger partial charge in [-0.05, 0) is 12.1 Å². The van der Waals surface area contributed by atoms with Gasteiger partial charge >= 0.3 is 6.18 Å². The van der Waals surface area contributed by atoms with Crippen LogP contribution in [0, 0.1) is 0 Å². The molecule has 0 atom stereocenters. The van der Waals surface area contributed by atoms with E-state index in [1.54, 1.807) is 30.3 Å². The maximum absolute atomic E-state index is 12.7. The second-order valence-electron chi connectivity index (χ2n) is 3.74. The van der Waals surface area contributed by atoms with E-state index >= 15 is 0 Å². The average molecular weight is 252 g/mol. The fourth-order valence-electron chi connectivity index (χ4n) is 1.58. The average Bonchev–Trinajstić information content (AvgIpc) is 2.38. The molecular weight excluding hydrogens is 241 g/mol. The largest absolute Gasteiger partial charge is 0.416 e. The van der Waals surface area contributed by atoms with Crippen molar-refractivity contribution in [2.24, 2.45) is 0 Å². The summed E-state index contributed by atoms with van der Waals surface area (Å²) in [6, 6.07) is 10.8. The first kappa shape index (κ1) is 12.4. The molecule has 5 heteroatoms. The van der Waals surface area contributed by atoms with E-state index in [9.17, 15) is 13.2 Å². The Bertz CT molecular complexity index is 536. The maximum Gasteiger partial charge on any atom is 0.416 e. The summed E-state index contributed by atoms with van der Waals surface area (Å²) in [5.74, 6) is 0.198. The maximum atomic E-state index is 12.7. The number of pyridine rings is 1. The van der Waals surface area contributed by atoms with Crippen LogP contribution in [0.25, 0.3) is 11.3 Å². The number of hydrogen-bond acceptors (Lipinski definition) is 2. The molecule has 2 nitrogen and oxygen atoms in total. The van der Waals surface area contributed by atoms with E-state index in [2.05, 4.69) is 10.3 Å². The van der Waals surface area contributed by atoms with Crippen LogP contribution in [0.2, 0.25) is 0 Å². The van der Waals surface area contributed by atoms with E-state index < -0.39 is 11.7 Å². The predicted molar refractivity (Wildman–Crippen MR) is 64.2 cm³/mol. The molecule has 0 fully saturated rings. The molecule has 1 aromatic heterocycles. The van der Waals surface area contributed by atoms with Gasteiger partial charge in [-0.15, -0.1) is 0 Å². The van der Waals surface area contributed by atoms with Crippen LogP contribution in [0.4, 0.5) is 19.0 Å². The van der Waals surface area contributed by atoms with Crippen LogP contribution >= 0.6 is 0 Å². The minimum Gasteiger partial charge on any atom is -0.373 e. The first-order valence-corrected chi connectivity index (χ1v) is 5.33. The van der Waals surface area contributed by atoms with Gasteiger partial charge in [0.25, 0.3) is 0 Å². The molecule has 0 aliphatic carbocycles. The summed E-state index contributed by atoms with van der Waals surface area (Å²) in [4.78, 5) is 4.12. The zero-order valence-electron chi connectivity index (χ0n) is 9.62. The van der Waals surface area contributed by atoms with Gasteiger partial charge in [-0.25, -0.2) is 4.98 Å². The van der Waals surface area contributed by atoms with Gasteiger partial charge in [0.1, 0.15) is 5.82 Å². The van der Waals surface area contributed by atoms with Gasteiger partial charge in [-0.2, -0.15) is 13.2 Å². The lowest BCUT2D eigenvalue weighted by Crippen LogP contribution is -2.07. The van der Waals surface area contributed by atoms with Crippen LogP contribution in [0.15, 0.2) is 42.5 Å². The molecule has 0 saturated heterocycles. The third kappa shape index (κ3) is 2.61. The van der Waals surface area contributed by atoms with Gasteiger partial charge in [0.05, 0.1) is 11.3 Å². The lowest BCUT2D eigenvalue weighted by atomic mass is 10.1. The molecule has 2 aromatic rings. The van der Waals surface area contributed by atoms with Crippen molar-refractivity contribution in [2.45, 2.75) is 6.18 Å². The molecule has 2 rings (SSSR count). The number of halogens is 3. The zero-order chi connectivity index (χ0) is 13.2. The molecule has 1 N–H and O–H groups in total. The minimum absolute atomic E-state index is 0.198. The molecule has 0 aliphatic rings. The van der Waals surface area contributed by atoms with E-state index in [-0.39, 0.29) is 5.82 Å². The van der Waals surface area contributed by atoms with E-state index in [0.717, 1.165) is 12.1 Å². The first-order valence-electron chi connectivity index (χ1n) is 5.33. The van der Waals surface area contributed by atoms with E-state index in [1.807, 2.05) is 0 Å². The Kier molecular flexibility index (Phi) is 3.23. The van der Waals surface area contributed by atoms with Gasteiger partial charge in [-0.1, -0.05) is 30.3 Å². The van der Waals surface area contributed by atoms with E-state index in [4.69, 9.17) is 0 Å². The zero-order valence-corrected chi connectivity index (χ0v) is 9.62. The summed E-state index contributed by atoms with van der Waals surface area (Å²) in [6.45, 7) is 0. The van der Waals surface area contributed by atoms with Crippen molar-refractivity contribution in [3.05, 3.63) is 48.0 Å². The van der Waals surface area contributed by atoms with E-state index in [1.165, 1.54) is 7.05 Å². The fourth-order valence-corrected chi connectivity index (χ4v) is 1.58. The van der Waals surface area contributed by atoms with Gasteiger partial charge in [-0.3, -0.25) is 0 Å². The predicted octanol–water partition coefficient (Wildman–Crippen LogP) is 3.81. The first-order chi connectivity index (χ1) is 8.50. The monoisotopic (exact) mass is 252 g/mol. The smallest absolute Gasteiger partial charge is 0.373 e. The summed E-state index contributed by atoms with van der Waals surface area (Å²) >= 11 is 0. The number of aromatic nitrogens is 1. The van der Waals surface area contributed by atoms with Crippen LogP contribution < -0.4 is 5.32 Å². The van der Waals surface area contributed by atoms with Crippen molar-refractivity contribution in [1.82, 2.24) is 4.98 Å². The number of hydrogen-bond donors (Lipinski definition) is 1. The molecule has 0 radical (unpaired) electrons. The third-order valence-corrected chi connectivity index (χ3v) is 2.48. The highest BCUT2D eigenvalue weighted by Gasteiger charge is 2.31. The number of anilines is 1. The summed E-state index contributed by atoms with van der Waals surface area (Å²) in [6.07, 6.45) is -4.38. The number of nitrogens with one attached hydrogen (secondary N) is 1. The summed E-state index contributed by atoms with van der Waals surface area (Å²) in [5, 5.41) is 2.64. The molecule has 0 bridgehead atoms. The van der Waals surface area contributed by atoms with Crippen LogP contribution in [0.5, 0.6) is 0 Å². The lowest BCUT2D eigenvalue weighted by Gasteiger charge is -2.11. The van der Waals surface area contributed by atoms with Crippen molar-refractivity contribution in [2.75, 3.05) is 12.4 Å². The molecular formula is C13H11F3N2. The van der Waals surface area contributed by atoms with Crippen molar-refractivity contribution >= 4 is 5.82 Å². The van der Waals surface area contributed by atoms with Gasteiger partial charge < -0.3 is 5.32 Å². The molecule has 1 aromatic carbocycles. The summed E-state index contributed by atoms with van der Waals surface area (Å²) < 4.78 is 38.2. The molecule has 1 heterocycles. The van der Waals surface area contributed by atoms with Gasteiger partial charge in [0.15, 0.2) is 0 Å². The number of alkyl halides is 3. The van der Waals surface area contributed by atoms with Crippen LogP contribution in [-0.2, 0) is 6.18 Å². The van der Waals surface area contributed by atoms with Crippen molar-refractivity contribution in [1.29, 1.82) is 0 Å². The summed E-state index contributed by atoms with van der Waals surface area (Å²) in [7, 11) is 1.54. The molecule has 0 spiro atoms. The Balaban J connectivity index is 2.55. The van der Waals surface area contributed by atoms with Crippen molar-refractivity contribution in [3.8, 4) is 11.3 Å². The Morgan fingerprint density at radius 1 is 1.06 bits per heavy atom. The van der Waals surface area contributed by atoms with Crippen molar-refractivity contribution < 1.29 is 13.2 Å². The normalized spacial score (nSPS) is 11.3. The van der Waals surface area contributed by atoms with Crippen LogP contribution in [-0.4, -0.2) is 12.0 Å². The Labute approximate surface area is 102 Å². The van der Waals surface area contributed by atoms with Crippen LogP contribution in [0.3, 0.4) is 0 Å². The minimum atomic E-state index is -4.38. The second kappa shape index (κ2) is 4.68. The quantitative estimate of drug-likeness (QED) is 0.879. The standard InChI is InChI=1S/C13H11F3N2/c1-17-12-8-10(13(14,15)16)7-11(18-12)9-5-3-2-4-6-9/h2-8H,1H3,(H,17,18).